The molecule has 0 aliphatic carbocycles. The van der Waals surface area contributed by atoms with Gasteiger partial charge in [-0.3, -0.25) is 9.59 Å². The summed E-state index contributed by atoms with van der Waals surface area (Å²) in [5.74, 6) is -4.85. The number of ether oxygens (including phenoxy) is 1. The molecule has 0 spiro atoms. The van der Waals surface area contributed by atoms with Crippen molar-refractivity contribution in [3.8, 4) is 0 Å². The lowest BCUT2D eigenvalue weighted by atomic mass is 9.76. The van der Waals surface area contributed by atoms with Crippen LogP contribution in [0.4, 0.5) is 0 Å². The van der Waals surface area contributed by atoms with Crippen LogP contribution in [0.1, 0.15) is 27.2 Å². The summed E-state index contributed by atoms with van der Waals surface area (Å²) in [7, 11) is 0. The Morgan fingerprint density at radius 3 is 1.80 bits per heavy atom. The van der Waals surface area contributed by atoms with Gasteiger partial charge in [0.25, 0.3) is 0 Å². The standard InChI is InChI=1S/C11H20N2O6S/c1-9(2,3)19-8(18)10(12,4-6(14)15)11(13,5-20)7(16)17/h20H,4-5,12-13H2,1-3H3,(H,14,15)(H,16,17). The van der Waals surface area contributed by atoms with Gasteiger partial charge in [-0.15, -0.1) is 0 Å². The van der Waals surface area contributed by atoms with Crippen LogP contribution in [-0.2, 0) is 19.1 Å². The molecule has 8 nitrogen and oxygen atoms in total. The SMILES string of the molecule is CC(C)(C)OC(=O)C(N)(CC(=O)O)C(N)(CS)C(=O)O. The molecule has 0 aliphatic heterocycles. The molecule has 0 bridgehead atoms. The topological polar surface area (TPSA) is 153 Å². The summed E-state index contributed by atoms with van der Waals surface area (Å²) in [6.07, 6.45) is -0.995. The van der Waals surface area contributed by atoms with Crippen molar-refractivity contribution in [2.45, 2.75) is 43.9 Å². The maximum atomic E-state index is 12.1. The average molecular weight is 308 g/mol. The molecule has 0 fully saturated rings. The lowest BCUT2D eigenvalue weighted by Gasteiger charge is -2.40. The molecule has 0 aliphatic rings. The van der Waals surface area contributed by atoms with E-state index < -0.39 is 46.8 Å². The van der Waals surface area contributed by atoms with Crippen LogP contribution in [0.5, 0.6) is 0 Å². The van der Waals surface area contributed by atoms with Gasteiger partial charge in [-0.1, -0.05) is 0 Å². The van der Waals surface area contributed by atoms with Crippen LogP contribution < -0.4 is 11.5 Å². The number of rotatable bonds is 6. The molecule has 9 heteroatoms. The van der Waals surface area contributed by atoms with E-state index in [1.165, 1.54) is 20.8 Å². The highest BCUT2D eigenvalue weighted by Gasteiger charge is 2.59. The zero-order chi connectivity index (χ0) is 16.4. The van der Waals surface area contributed by atoms with Crippen molar-refractivity contribution in [1.29, 1.82) is 0 Å². The first-order valence-corrected chi connectivity index (χ1v) is 6.30. The predicted octanol–water partition coefficient (Wildman–Crippen LogP) is -0.788. The van der Waals surface area contributed by atoms with Gasteiger partial charge in [-0.25, -0.2) is 4.79 Å². The first-order chi connectivity index (χ1) is 8.80. The quantitative estimate of drug-likeness (QED) is 0.316. The molecule has 2 unspecified atom stereocenters. The van der Waals surface area contributed by atoms with Gasteiger partial charge in [-0.2, -0.15) is 12.6 Å². The molecule has 0 aromatic carbocycles. The van der Waals surface area contributed by atoms with Crippen molar-refractivity contribution in [1.82, 2.24) is 0 Å². The zero-order valence-electron chi connectivity index (χ0n) is 11.5. The minimum atomic E-state index is -2.44. The molecule has 0 heterocycles. The number of carbonyl (C=O) groups excluding carboxylic acids is 1. The first kappa shape index (κ1) is 18.7. The van der Waals surface area contributed by atoms with E-state index in [1.54, 1.807) is 0 Å². The number of esters is 1. The fraction of sp³-hybridized carbons (Fsp3) is 0.727. The van der Waals surface area contributed by atoms with Crippen LogP contribution in [0.25, 0.3) is 0 Å². The molecule has 0 radical (unpaired) electrons. The monoisotopic (exact) mass is 308 g/mol. The Hall–Kier alpha value is -1.32. The van der Waals surface area contributed by atoms with E-state index in [1.807, 2.05) is 0 Å². The number of carboxylic acids is 2. The lowest BCUT2D eigenvalue weighted by Crippen LogP contribution is -2.76. The van der Waals surface area contributed by atoms with Gasteiger partial charge < -0.3 is 26.4 Å². The van der Waals surface area contributed by atoms with Crippen LogP contribution in [0.15, 0.2) is 0 Å². The highest BCUT2D eigenvalue weighted by atomic mass is 32.1. The molecular formula is C11H20N2O6S. The summed E-state index contributed by atoms with van der Waals surface area (Å²) in [4.78, 5) is 34.3. The lowest BCUT2D eigenvalue weighted by molar-refractivity contribution is -0.172. The minimum absolute atomic E-state index is 0.536. The van der Waals surface area contributed by atoms with E-state index in [0.29, 0.717) is 0 Å². The summed E-state index contributed by atoms with van der Waals surface area (Å²) in [6, 6.07) is 0. The van der Waals surface area contributed by atoms with Gasteiger partial charge in [0.1, 0.15) is 5.60 Å². The molecule has 0 amide bonds. The van der Waals surface area contributed by atoms with Crippen molar-refractivity contribution in [2.24, 2.45) is 11.5 Å². The molecule has 0 saturated heterocycles. The third-order valence-electron chi connectivity index (χ3n) is 2.62. The highest BCUT2D eigenvalue weighted by Crippen LogP contribution is 2.27. The number of hydrogen-bond acceptors (Lipinski definition) is 7. The maximum Gasteiger partial charge on any atom is 0.329 e. The van der Waals surface area contributed by atoms with E-state index in [2.05, 4.69) is 12.6 Å². The largest absolute Gasteiger partial charge is 0.481 e. The third kappa shape index (κ3) is 3.84. The fourth-order valence-electron chi connectivity index (χ4n) is 1.42. The Morgan fingerprint density at radius 2 is 1.55 bits per heavy atom. The second kappa shape index (κ2) is 5.98. The number of carboxylic acid groups (broad SMARTS) is 2. The number of carbonyl (C=O) groups is 3. The number of nitrogens with two attached hydrogens (primary N) is 2. The number of thiol groups is 1. The van der Waals surface area contributed by atoms with Gasteiger partial charge in [0.15, 0.2) is 11.1 Å². The average Bonchev–Trinajstić information content (AvgIpc) is 2.23. The van der Waals surface area contributed by atoms with Crippen molar-refractivity contribution >= 4 is 30.5 Å². The van der Waals surface area contributed by atoms with Crippen LogP contribution >= 0.6 is 12.6 Å². The highest BCUT2D eigenvalue weighted by molar-refractivity contribution is 7.80. The van der Waals surface area contributed by atoms with Crippen molar-refractivity contribution in [3.05, 3.63) is 0 Å². The molecule has 0 rings (SSSR count). The molecule has 0 saturated carbocycles. The normalized spacial score (nSPS) is 17.7. The smallest absolute Gasteiger partial charge is 0.329 e. The molecular weight excluding hydrogens is 288 g/mol. The summed E-state index contributed by atoms with van der Waals surface area (Å²) in [6.45, 7) is 4.60. The predicted molar refractivity (Wildman–Crippen MR) is 73.4 cm³/mol. The maximum absolute atomic E-state index is 12.1. The van der Waals surface area contributed by atoms with Crippen LogP contribution in [0, 0.1) is 0 Å². The molecule has 116 valence electrons. The summed E-state index contributed by atoms with van der Waals surface area (Å²) in [5, 5.41) is 18.0. The number of aliphatic carboxylic acids is 2. The Bertz CT molecular complexity index is 422. The molecule has 0 aromatic rings. The van der Waals surface area contributed by atoms with Gasteiger partial charge in [0, 0.05) is 5.75 Å². The van der Waals surface area contributed by atoms with Crippen molar-refractivity contribution in [3.63, 3.8) is 0 Å². The van der Waals surface area contributed by atoms with E-state index in [0.717, 1.165) is 0 Å². The number of hydrogen-bond donors (Lipinski definition) is 5. The Kier molecular flexibility index (Phi) is 5.59. The molecule has 2 atom stereocenters. The van der Waals surface area contributed by atoms with Gasteiger partial charge in [0.2, 0.25) is 0 Å². The second-order valence-electron chi connectivity index (χ2n) is 5.48. The van der Waals surface area contributed by atoms with Gasteiger partial charge in [-0.05, 0) is 20.8 Å². The summed E-state index contributed by atoms with van der Waals surface area (Å²) < 4.78 is 5.00. The Labute approximate surface area is 121 Å². The molecule has 0 aromatic heterocycles. The van der Waals surface area contributed by atoms with Gasteiger partial charge >= 0.3 is 17.9 Å². The van der Waals surface area contributed by atoms with E-state index in [9.17, 15) is 19.5 Å². The third-order valence-corrected chi connectivity index (χ3v) is 3.12. The van der Waals surface area contributed by atoms with Gasteiger partial charge in [0.05, 0.1) is 6.42 Å². The van der Waals surface area contributed by atoms with Crippen LogP contribution in [0.2, 0.25) is 0 Å². The fourth-order valence-corrected chi connectivity index (χ4v) is 1.84. The first-order valence-electron chi connectivity index (χ1n) is 5.67. The summed E-state index contributed by atoms with van der Waals surface area (Å²) in [5.41, 5.74) is 5.55. The van der Waals surface area contributed by atoms with Crippen molar-refractivity contribution in [2.75, 3.05) is 5.75 Å². The van der Waals surface area contributed by atoms with Crippen LogP contribution in [0.3, 0.4) is 0 Å². The molecule has 6 N–H and O–H groups in total. The molecule has 20 heavy (non-hydrogen) atoms. The van der Waals surface area contributed by atoms with E-state index in [4.69, 9.17) is 21.3 Å². The Balaban J connectivity index is 5.79. The zero-order valence-corrected chi connectivity index (χ0v) is 12.4. The van der Waals surface area contributed by atoms with E-state index in [-0.39, 0.29) is 0 Å². The minimum Gasteiger partial charge on any atom is -0.481 e. The second-order valence-corrected chi connectivity index (χ2v) is 5.79. The van der Waals surface area contributed by atoms with E-state index >= 15 is 0 Å². The Morgan fingerprint density at radius 1 is 1.10 bits per heavy atom. The van der Waals surface area contributed by atoms with Crippen LogP contribution in [-0.4, -0.2) is 50.6 Å². The van der Waals surface area contributed by atoms with Crippen molar-refractivity contribution < 1.29 is 29.3 Å². The summed E-state index contributed by atoms with van der Waals surface area (Å²) >= 11 is 3.78.